The lowest BCUT2D eigenvalue weighted by Crippen LogP contribution is -2.37. The van der Waals surface area contributed by atoms with Crippen molar-refractivity contribution >= 4 is 52.6 Å². The van der Waals surface area contributed by atoms with Crippen LogP contribution in [0.5, 0.6) is 0 Å². The van der Waals surface area contributed by atoms with Crippen molar-refractivity contribution in [3.05, 3.63) is 38.0 Å². The Labute approximate surface area is 175 Å². The van der Waals surface area contributed by atoms with Gasteiger partial charge in [0.2, 0.25) is 0 Å². The lowest BCUT2D eigenvalue weighted by molar-refractivity contribution is 0.678. The number of aliphatic imine (C=N–C) groups is 1. The maximum Gasteiger partial charge on any atom is 0.191 e. The molecule has 0 saturated heterocycles. The van der Waals surface area contributed by atoms with Gasteiger partial charge in [-0.15, -0.1) is 35.3 Å². The Hall–Kier alpha value is -0.670. The molecule has 4 nitrogen and oxygen atoms in total. The minimum Gasteiger partial charge on any atom is -0.357 e. The fourth-order valence-electron chi connectivity index (χ4n) is 2.85. The molecule has 0 unspecified atom stereocenters. The van der Waals surface area contributed by atoms with Crippen molar-refractivity contribution < 1.29 is 0 Å². The number of nitrogens with zero attached hydrogens (tertiary/aromatic N) is 2. The highest BCUT2D eigenvalue weighted by Crippen LogP contribution is 2.27. The Morgan fingerprint density at radius 1 is 1.28 bits per heavy atom. The molecule has 7 heteroatoms. The van der Waals surface area contributed by atoms with Gasteiger partial charge in [0.25, 0.3) is 0 Å². The molecule has 0 atom stereocenters. The minimum absolute atomic E-state index is 0. The van der Waals surface area contributed by atoms with Crippen molar-refractivity contribution in [2.45, 2.75) is 52.0 Å². The predicted octanol–water partition coefficient (Wildman–Crippen LogP) is 4.39. The molecule has 0 fully saturated rings. The van der Waals surface area contributed by atoms with E-state index in [1.165, 1.54) is 46.8 Å². The summed E-state index contributed by atoms with van der Waals surface area (Å²) < 4.78 is 0. The number of thiophene rings is 1. The van der Waals surface area contributed by atoms with Crippen molar-refractivity contribution in [3.8, 4) is 0 Å². The summed E-state index contributed by atoms with van der Waals surface area (Å²) >= 11 is 3.65. The summed E-state index contributed by atoms with van der Waals surface area (Å²) in [7, 11) is 0. The van der Waals surface area contributed by atoms with Crippen LogP contribution in [0.2, 0.25) is 0 Å². The van der Waals surface area contributed by atoms with Crippen LogP contribution in [0.4, 0.5) is 0 Å². The van der Waals surface area contributed by atoms with E-state index in [2.05, 4.69) is 39.4 Å². The summed E-state index contributed by atoms with van der Waals surface area (Å²) in [6.45, 7) is 4.65. The van der Waals surface area contributed by atoms with Crippen molar-refractivity contribution in [2.75, 3.05) is 13.1 Å². The van der Waals surface area contributed by atoms with Gasteiger partial charge in [-0.05, 0) is 61.4 Å². The van der Waals surface area contributed by atoms with Crippen LogP contribution in [0.15, 0.2) is 21.8 Å². The number of guanidine groups is 1. The second-order valence-electron chi connectivity index (χ2n) is 6.04. The quantitative estimate of drug-likeness (QED) is 0.262. The molecule has 3 rings (SSSR count). The molecule has 2 aromatic heterocycles. The second kappa shape index (κ2) is 11.1. The van der Waals surface area contributed by atoms with E-state index in [4.69, 9.17) is 4.98 Å². The normalized spacial score (nSPS) is 13.9. The summed E-state index contributed by atoms with van der Waals surface area (Å²) in [6, 6.07) is 2.13. The fourth-order valence-corrected chi connectivity index (χ4v) is 4.71. The Kier molecular flexibility index (Phi) is 9.19. The molecule has 1 aliphatic carbocycles. The first-order valence-corrected chi connectivity index (χ1v) is 10.6. The van der Waals surface area contributed by atoms with E-state index in [9.17, 15) is 0 Å². The summed E-state index contributed by atoms with van der Waals surface area (Å²) in [5.74, 6) is 0.905. The molecule has 0 radical (unpaired) electrons. The van der Waals surface area contributed by atoms with Gasteiger partial charge in [-0.3, -0.25) is 0 Å². The van der Waals surface area contributed by atoms with Gasteiger partial charge in [-0.25, -0.2) is 9.98 Å². The Morgan fingerprint density at radius 2 is 2.16 bits per heavy atom. The highest BCUT2D eigenvalue weighted by atomic mass is 127. The predicted molar refractivity (Wildman–Crippen MR) is 120 cm³/mol. The van der Waals surface area contributed by atoms with Gasteiger partial charge in [0, 0.05) is 24.4 Å². The number of fused-ring (bicyclic) bond motifs is 1. The van der Waals surface area contributed by atoms with Gasteiger partial charge in [-0.2, -0.15) is 11.3 Å². The van der Waals surface area contributed by atoms with Crippen LogP contribution in [0.1, 0.15) is 47.3 Å². The molecular formula is C18H27IN4S2. The molecule has 0 aliphatic heterocycles. The number of thiazole rings is 1. The van der Waals surface area contributed by atoms with Crippen LogP contribution in [-0.4, -0.2) is 24.0 Å². The zero-order valence-electron chi connectivity index (χ0n) is 14.7. The van der Waals surface area contributed by atoms with E-state index in [-0.39, 0.29) is 24.0 Å². The molecular weight excluding hydrogens is 463 g/mol. The van der Waals surface area contributed by atoms with E-state index < -0.39 is 0 Å². The number of aryl methyl sites for hydroxylation is 3. The molecule has 0 aromatic carbocycles. The molecule has 0 amide bonds. The lowest BCUT2D eigenvalue weighted by atomic mass is 10.0. The van der Waals surface area contributed by atoms with Crippen LogP contribution in [0.3, 0.4) is 0 Å². The van der Waals surface area contributed by atoms with E-state index in [0.29, 0.717) is 0 Å². The Balaban J connectivity index is 0.00000225. The molecule has 2 heterocycles. The smallest absolute Gasteiger partial charge is 0.191 e. The average Bonchev–Trinajstić information content (AvgIpc) is 3.25. The first-order chi connectivity index (χ1) is 11.8. The Bertz CT molecular complexity index is 629. The molecule has 2 aromatic rings. The Morgan fingerprint density at radius 3 is 2.92 bits per heavy atom. The van der Waals surface area contributed by atoms with Crippen LogP contribution in [-0.2, 0) is 25.8 Å². The molecule has 1 aliphatic rings. The topological polar surface area (TPSA) is 49.3 Å². The molecule has 2 N–H and O–H groups in total. The average molecular weight is 490 g/mol. The van der Waals surface area contributed by atoms with Gasteiger partial charge in [0.1, 0.15) is 0 Å². The van der Waals surface area contributed by atoms with Crippen molar-refractivity contribution in [1.29, 1.82) is 0 Å². The molecule has 138 valence electrons. The largest absolute Gasteiger partial charge is 0.357 e. The maximum atomic E-state index is 4.82. The zero-order chi connectivity index (χ0) is 16.6. The van der Waals surface area contributed by atoms with Gasteiger partial charge in [0.15, 0.2) is 5.96 Å². The van der Waals surface area contributed by atoms with Crippen molar-refractivity contribution in [1.82, 2.24) is 15.6 Å². The van der Waals surface area contributed by atoms with Crippen molar-refractivity contribution in [3.63, 3.8) is 0 Å². The third kappa shape index (κ3) is 6.53. The SMILES string of the molecule is CCNC(=NCc1ccsc1)NCCCc1nc2c(s1)CCCC2.I. The summed E-state index contributed by atoms with van der Waals surface area (Å²) in [6.07, 6.45) is 7.23. The third-order valence-electron chi connectivity index (χ3n) is 4.09. The van der Waals surface area contributed by atoms with Gasteiger partial charge in [-0.1, -0.05) is 0 Å². The standard InChI is InChI=1S/C18H26N4S2.HI/c1-2-19-18(21-12-14-9-11-23-13-14)20-10-5-8-17-22-15-6-3-4-7-16(15)24-17;/h9,11,13H,2-8,10,12H2,1H3,(H2,19,20,21);1H. The van der Waals surface area contributed by atoms with Crippen LogP contribution in [0.25, 0.3) is 0 Å². The number of hydrogen-bond donors (Lipinski definition) is 2. The fraction of sp³-hybridized carbons (Fsp3) is 0.556. The third-order valence-corrected chi connectivity index (χ3v) is 6.04. The highest BCUT2D eigenvalue weighted by Gasteiger charge is 2.14. The van der Waals surface area contributed by atoms with Gasteiger partial charge >= 0.3 is 0 Å². The van der Waals surface area contributed by atoms with Crippen LogP contribution >= 0.6 is 46.7 Å². The maximum absolute atomic E-state index is 4.82. The summed E-state index contributed by atoms with van der Waals surface area (Å²) in [5.41, 5.74) is 2.64. The van der Waals surface area contributed by atoms with E-state index in [0.717, 1.165) is 38.4 Å². The number of rotatable bonds is 7. The number of aromatic nitrogens is 1. The zero-order valence-corrected chi connectivity index (χ0v) is 18.7. The first-order valence-electron chi connectivity index (χ1n) is 8.86. The highest BCUT2D eigenvalue weighted by molar-refractivity contribution is 14.0. The minimum atomic E-state index is 0. The van der Waals surface area contributed by atoms with Crippen molar-refractivity contribution in [2.24, 2.45) is 4.99 Å². The lowest BCUT2D eigenvalue weighted by Gasteiger charge is -2.10. The molecule has 0 saturated carbocycles. The van der Waals surface area contributed by atoms with E-state index in [1.54, 1.807) is 11.3 Å². The van der Waals surface area contributed by atoms with E-state index >= 15 is 0 Å². The first kappa shape index (κ1) is 20.6. The molecule has 0 bridgehead atoms. The van der Waals surface area contributed by atoms with E-state index in [1.807, 2.05) is 11.3 Å². The monoisotopic (exact) mass is 490 g/mol. The van der Waals surface area contributed by atoms with Crippen LogP contribution in [0, 0.1) is 0 Å². The summed E-state index contributed by atoms with van der Waals surface area (Å²) in [5, 5.41) is 12.3. The van der Waals surface area contributed by atoms with Crippen LogP contribution < -0.4 is 10.6 Å². The second-order valence-corrected chi connectivity index (χ2v) is 7.99. The molecule has 0 spiro atoms. The number of halogens is 1. The van der Waals surface area contributed by atoms with Gasteiger partial charge < -0.3 is 10.6 Å². The number of nitrogens with one attached hydrogen (secondary N) is 2. The molecule has 25 heavy (non-hydrogen) atoms. The summed E-state index contributed by atoms with van der Waals surface area (Å²) in [4.78, 5) is 11.0. The number of hydrogen-bond acceptors (Lipinski definition) is 4. The van der Waals surface area contributed by atoms with Gasteiger partial charge in [0.05, 0.1) is 17.2 Å².